The summed E-state index contributed by atoms with van der Waals surface area (Å²) >= 11 is 8.90. The van der Waals surface area contributed by atoms with E-state index in [-0.39, 0.29) is 20.2 Å². The molecule has 1 aromatic heterocycles. The third-order valence-electron chi connectivity index (χ3n) is 2.49. The maximum atomic E-state index is 13.1. The number of rotatable bonds is 4. The molecule has 1 N–H and O–H groups in total. The zero-order valence-electron chi connectivity index (χ0n) is 10.3. The minimum Gasteiger partial charge on any atom is -0.336 e. The van der Waals surface area contributed by atoms with Crippen LogP contribution in [0.25, 0.3) is 0 Å². The van der Waals surface area contributed by atoms with Gasteiger partial charge in [0, 0.05) is 17.2 Å². The molecule has 0 saturated heterocycles. The van der Waals surface area contributed by atoms with Crippen LogP contribution in [0.3, 0.4) is 0 Å². The van der Waals surface area contributed by atoms with E-state index < -0.39 is 15.8 Å². The predicted molar refractivity (Wildman–Crippen MR) is 77.8 cm³/mol. The van der Waals surface area contributed by atoms with Gasteiger partial charge in [-0.3, -0.25) is 4.72 Å². The first kappa shape index (κ1) is 15.3. The average molecular weight is 383 g/mol. The van der Waals surface area contributed by atoms with Gasteiger partial charge in [0.15, 0.2) is 5.03 Å². The van der Waals surface area contributed by atoms with E-state index >= 15 is 0 Å². The first-order valence-electron chi connectivity index (χ1n) is 5.52. The Morgan fingerprint density at radius 2 is 2.20 bits per heavy atom. The summed E-state index contributed by atoms with van der Waals surface area (Å²) in [6.07, 6.45) is 2.81. The van der Waals surface area contributed by atoms with Crippen LogP contribution >= 0.6 is 27.5 Å². The summed E-state index contributed by atoms with van der Waals surface area (Å²) in [4.78, 5) is 3.81. The highest BCUT2D eigenvalue weighted by molar-refractivity contribution is 9.10. The summed E-state index contributed by atoms with van der Waals surface area (Å²) in [6.45, 7) is 2.46. The van der Waals surface area contributed by atoms with Gasteiger partial charge in [-0.25, -0.2) is 9.37 Å². The molecular weight excluding hydrogens is 373 g/mol. The zero-order chi connectivity index (χ0) is 14.9. The SMILES string of the molecule is CCn1cnc(S(=O)(=O)Nc2c(Cl)cc(F)cc2Br)c1. The van der Waals surface area contributed by atoms with E-state index in [0.717, 1.165) is 12.1 Å². The molecule has 0 bridgehead atoms. The quantitative estimate of drug-likeness (QED) is 0.883. The molecule has 1 heterocycles. The normalized spacial score (nSPS) is 11.6. The van der Waals surface area contributed by atoms with Crippen LogP contribution in [0.1, 0.15) is 6.92 Å². The molecule has 0 saturated carbocycles. The van der Waals surface area contributed by atoms with Gasteiger partial charge in [0.2, 0.25) is 0 Å². The van der Waals surface area contributed by atoms with Crippen LogP contribution in [0, 0.1) is 5.82 Å². The molecule has 0 atom stereocenters. The molecule has 0 unspecified atom stereocenters. The van der Waals surface area contributed by atoms with E-state index in [1.807, 2.05) is 6.92 Å². The second-order valence-electron chi connectivity index (χ2n) is 3.89. The van der Waals surface area contributed by atoms with E-state index in [1.165, 1.54) is 12.5 Å². The Hall–Kier alpha value is -1.12. The molecule has 0 aliphatic carbocycles. The number of hydrogen-bond donors (Lipinski definition) is 1. The van der Waals surface area contributed by atoms with Crippen molar-refractivity contribution in [2.45, 2.75) is 18.5 Å². The van der Waals surface area contributed by atoms with E-state index in [2.05, 4.69) is 25.6 Å². The third-order valence-corrected chi connectivity index (χ3v) is 4.65. The Morgan fingerprint density at radius 1 is 1.50 bits per heavy atom. The van der Waals surface area contributed by atoms with E-state index in [0.29, 0.717) is 6.54 Å². The molecule has 5 nitrogen and oxygen atoms in total. The predicted octanol–water partition coefficient (Wildman–Crippen LogP) is 3.26. The van der Waals surface area contributed by atoms with E-state index in [9.17, 15) is 12.8 Å². The second kappa shape index (κ2) is 5.71. The minimum atomic E-state index is -3.88. The lowest BCUT2D eigenvalue weighted by Crippen LogP contribution is -2.14. The van der Waals surface area contributed by atoms with Crippen LogP contribution in [-0.2, 0) is 16.6 Å². The molecule has 0 radical (unpaired) electrons. The van der Waals surface area contributed by atoms with Crippen molar-refractivity contribution in [1.82, 2.24) is 9.55 Å². The Morgan fingerprint density at radius 3 is 2.75 bits per heavy atom. The highest BCUT2D eigenvalue weighted by Gasteiger charge is 2.20. The fraction of sp³-hybridized carbons (Fsp3) is 0.182. The molecule has 20 heavy (non-hydrogen) atoms. The number of imidazole rings is 1. The van der Waals surface area contributed by atoms with Gasteiger partial charge in [-0.05, 0) is 35.0 Å². The fourth-order valence-electron chi connectivity index (χ4n) is 1.48. The highest BCUT2D eigenvalue weighted by atomic mass is 79.9. The molecular formula is C11H10BrClFN3O2S. The summed E-state index contributed by atoms with van der Waals surface area (Å²) in [5, 5.41) is -0.179. The number of halogens is 3. The van der Waals surface area contributed by atoms with Crippen molar-refractivity contribution >= 4 is 43.2 Å². The molecule has 1 aromatic carbocycles. The number of aromatic nitrogens is 2. The van der Waals surface area contributed by atoms with E-state index in [4.69, 9.17) is 11.6 Å². The topological polar surface area (TPSA) is 64.0 Å². The third kappa shape index (κ3) is 3.13. The molecule has 0 aliphatic rings. The Labute approximate surface area is 129 Å². The van der Waals surface area contributed by atoms with Gasteiger partial charge in [0.1, 0.15) is 5.82 Å². The Bertz CT molecular complexity index is 725. The van der Waals surface area contributed by atoms with Crippen molar-refractivity contribution in [2.24, 2.45) is 0 Å². The van der Waals surface area contributed by atoms with Crippen molar-refractivity contribution in [3.63, 3.8) is 0 Å². The summed E-state index contributed by atoms with van der Waals surface area (Å²) in [7, 11) is -3.88. The smallest absolute Gasteiger partial charge is 0.281 e. The Balaban J connectivity index is 2.38. The molecule has 0 amide bonds. The fourth-order valence-corrected chi connectivity index (χ4v) is 3.62. The van der Waals surface area contributed by atoms with Crippen molar-refractivity contribution in [3.8, 4) is 0 Å². The van der Waals surface area contributed by atoms with Crippen LogP contribution in [0.5, 0.6) is 0 Å². The molecule has 0 aliphatic heterocycles. The number of nitrogens with zero attached hydrogens (tertiary/aromatic N) is 2. The monoisotopic (exact) mass is 381 g/mol. The number of aryl methyl sites for hydroxylation is 1. The lowest BCUT2D eigenvalue weighted by atomic mass is 10.3. The minimum absolute atomic E-state index is 0.0459. The van der Waals surface area contributed by atoms with E-state index in [1.54, 1.807) is 4.57 Å². The van der Waals surface area contributed by atoms with Gasteiger partial charge < -0.3 is 4.57 Å². The standard InChI is InChI=1S/C11H10BrClFN3O2S/c1-2-17-5-10(15-6-17)20(18,19)16-11-8(12)3-7(14)4-9(11)13/h3-6,16H,2H2,1H3. The molecule has 0 fully saturated rings. The van der Waals surface area contributed by atoms with Gasteiger partial charge in [-0.2, -0.15) is 8.42 Å². The number of benzene rings is 1. The summed E-state index contributed by atoms with van der Waals surface area (Å²) < 4.78 is 41.5. The lowest BCUT2D eigenvalue weighted by molar-refractivity contribution is 0.597. The maximum absolute atomic E-state index is 13.1. The van der Waals surface area contributed by atoms with Crippen LogP contribution in [0.2, 0.25) is 5.02 Å². The molecule has 2 rings (SSSR count). The van der Waals surface area contributed by atoms with Gasteiger partial charge in [0.05, 0.1) is 17.0 Å². The second-order valence-corrected chi connectivity index (χ2v) is 6.78. The Kier molecular flexibility index (Phi) is 4.36. The van der Waals surface area contributed by atoms with Gasteiger partial charge in [-0.1, -0.05) is 11.6 Å². The first-order valence-corrected chi connectivity index (χ1v) is 8.18. The number of anilines is 1. The molecule has 0 spiro atoms. The largest absolute Gasteiger partial charge is 0.336 e. The molecule has 9 heteroatoms. The number of hydrogen-bond acceptors (Lipinski definition) is 3. The summed E-state index contributed by atoms with van der Waals surface area (Å²) in [6, 6.07) is 2.14. The van der Waals surface area contributed by atoms with Crippen molar-refractivity contribution in [1.29, 1.82) is 0 Å². The van der Waals surface area contributed by atoms with Crippen LogP contribution in [0.4, 0.5) is 10.1 Å². The van der Waals surface area contributed by atoms with Crippen LogP contribution in [-0.4, -0.2) is 18.0 Å². The van der Waals surface area contributed by atoms with Gasteiger partial charge in [0.25, 0.3) is 10.0 Å². The average Bonchev–Trinajstić information content (AvgIpc) is 2.83. The van der Waals surface area contributed by atoms with Crippen molar-refractivity contribution in [3.05, 3.63) is 40.0 Å². The van der Waals surface area contributed by atoms with Crippen LogP contribution in [0.15, 0.2) is 34.2 Å². The summed E-state index contributed by atoms with van der Waals surface area (Å²) in [5.41, 5.74) is 0.0686. The molecule has 2 aromatic rings. The number of sulfonamides is 1. The lowest BCUT2D eigenvalue weighted by Gasteiger charge is -2.10. The first-order chi connectivity index (χ1) is 9.33. The van der Waals surface area contributed by atoms with Gasteiger partial charge in [-0.15, -0.1) is 0 Å². The van der Waals surface area contributed by atoms with Crippen molar-refractivity contribution < 1.29 is 12.8 Å². The maximum Gasteiger partial charge on any atom is 0.281 e. The highest BCUT2D eigenvalue weighted by Crippen LogP contribution is 2.33. The van der Waals surface area contributed by atoms with Crippen LogP contribution < -0.4 is 4.72 Å². The summed E-state index contributed by atoms with van der Waals surface area (Å²) in [5.74, 6) is -0.569. The number of nitrogens with one attached hydrogen (secondary N) is 1. The zero-order valence-corrected chi connectivity index (χ0v) is 13.4. The van der Waals surface area contributed by atoms with Gasteiger partial charge >= 0.3 is 0 Å². The van der Waals surface area contributed by atoms with Crippen molar-refractivity contribution in [2.75, 3.05) is 4.72 Å². The molecule has 108 valence electrons.